The van der Waals surface area contributed by atoms with Gasteiger partial charge in [0.25, 0.3) is 0 Å². The fourth-order valence-electron chi connectivity index (χ4n) is 1.83. The molecule has 19 heavy (non-hydrogen) atoms. The maximum Gasteiger partial charge on any atom is 0.337 e. The van der Waals surface area contributed by atoms with Crippen LogP contribution in [0.2, 0.25) is 0 Å². The predicted molar refractivity (Wildman–Crippen MR) is 80.3 cm³/mol. The summed E-state index contributed by atoms with van der Waals surface area (Å²) in [7, 11) is 0. The van der Waals surface area contributed by atoms with Crippen molar-refractivity contribution in [2.24, 2.45) is 0 Å². The van der Waals surface area contributed by atoms with Crippen molar-refractivity contribution in [3.8, 4) is 0 Å². The van der Waals surface area contributed by atoms with Crippen LogP contribution in [0.3, 0.4) is 0 Å². The highest BCUT2D eigenvalue weighted by Crippen LogP contribution is 2.28. The molecule has 3 nitrogen and oxygen atoms in total. The Bertz CT molecular complexity index is 638. The van der Waals surface area contributed by atoms with E-state index in [4.69, 9.17) is 0 Å². The van der Waals surface area contributed by atoms with Gasteiger partial charge in [0.05, 0.1) is 11.3 Å². The molecule has 0 saturated heterocycles. The monoisotopic (exact) mass is 319 g/mol. The molecule has 4 heteroatoms. The molecule has 0 fully saturated rings. The van der Waals surface area contributed by atoms with E-state index in [1.807, 2.05) is 38.1 Å². The minimum Gasteiger partial charge on any atom is -0.478 e. The molecular weight excluding hydrogens is 306 g/mol. The van der Waals surface area contributed by atoms with Crippen LogP contribution in [0.25, 0.3) is 0 Å². The summed E-state index contributed by atoms with van der Waals surface area (Å²) < 4.78 is 0.987. The first kappa shape index (κ1) is 13.6. The number of carboxylic acid groups (broad SMARTS) is 1. The van der Waals surface area contributed by atoms with Crippen molar-refractivity contribution in [1.29, 1.82) is 0 Å². The van der Waals surface area contributed by atoms with Gasteiger partial charge in [0.1, 0.15) is 0 Å². The normalized spacial score (nSPS) is 10.3. The highest BCUT2D eigenvalue weighted by molar-refractivity contribution is 9.10. The lowest BCUT2D eigenvalue weighted by Crippen LogP contribution is -2.04. The number of rotatable bonds is 3. The summed E-state index contributed by atoms with van der Waals surface area (Å²) in [6.07, 6.45) is 0. The van der Waals surface area contributed by atoms with Crippen LogP contribution in [0.4, 0.5) is 11.4 Å². The van der Waals surface area contributed by atoms with Gasteiger partial charge in [0.15, 0.2) is 0 Å². The standard InChI is InChI=1S/C15H14BrNO2/c1-9-6-7-14(11(8-9)15(18)19)17-13-5-3-4-12(16)10(13)2/h3-8,17H,1-2H3,(H,18,19). The van der Waals surface area contributed by atoms with Crippen LogP contribution in [0.1, 0.15) is 21.5 Å². The van der Waals surface area contributed by atoms with E-state index in [0.29, 0.717) is 5.69 Å². The summed E-state index contributed by atoms with van der Waals surface area (Å²) in [5, 5.41) is 12.4. The van der Waals surface area contributed by atoms with Crippen molar-refractivity contribution < 1.29 is 9.90 Å². The second-order valence-electron chi connectivity index (χ2n) is 4.39. The summed E-state index contributed by atoms with van der Waals surface area (Å²) in [5.74, 6) is -0.932. The molecular formula is C15H14BrNO2. The number of anilines is 2. The zero-order valence-corrected chi connectivity index (χ0v) is 12.3. The molecule has 0 aliphatic carbocycles. The van der Waals surface area contributed by atoms with Crippen LogP contribution < -0.4 is 5.32 Å². The molecule has 0 aromatic heterocycles. The zero-order chi connectivity index (χ0) is 14.0. The first-order chi connectivity index (χ1) is 8.99. The summed E-state index contributed by atoms with van der Waals surface area (Å²) in [4.78, 5) is 11.3. The maximum atomic E-state index is 11.3. The number of aryl methyl sites for hydroxylation is 1. The van der Waals surface area contributed by atoms with Crippen molar-refractivity contribution in [2.45, 2.75) is 13.8 Å². The van der Waals surface area contributed by atoms with E-state index < -0.39 is 5.97 Å². The van der Waals surface area contributed by atoms with E-state index in [-0.39, 0.29) is 5.56 Å². The van der Waals surface area contributed by atoms with E-state index in [2.05, 4.69) is 21.2 Å². The maximum absolute atomic E-state index is 11.3. The van der Waals surface area contributed by atoms with Crippen molar-refractivity contribution >= 4 is 33.3 Å². The lowest BCUT2D eigenvalue weighted by Gasteiger charge is -2.13. The Labute approximate surface area is 120 Å². The summed E-state index contributed by atoms with van der Waals surface area (Å²) >= 11 is 3.46. The molecule has 0 atom stereocenters. The van der Waals surface area contributed by atoms with Gasteiger partial charge in [0, 0.05) is 10.2 Å². The average Bonchev–Trinajstić information content (AvgIpc) is 2.36. The van der Waals surface area contributed by atoms with Gasteiger partial charge in [-0.15, -0.1) is 0 Å². The molecule has 0 aliphatic rings. The number of aromatic carboxylic acids is 1. The molecule has 0 amide bonds. The molecule has 0 aliphatic heterocycles. The molecule has 0 bridgehead atoms. The molecule has 2 N–H and O–H groups in total. The van der Waals surface area contributed by atoms with E-state index in [1.54, 1.807) is 12.1 Å². The smallest absolute Gasteiger partial charge is 0.337 e. The highest BCUT2D eigenvalue weighted by Gasteiger charge is 2.11. The zero-order valence-electron chi connectivity index (χ0n) is 10.7. The fraction of sp³-hybridized carbons (Fsp3) is 0.133. The number of benzene rings is 2. The number of halogens is 1. The predicted octanol–water partition coefficient (Wildman–Crippen LogP) is 4.51. The first-order valence-electron chi connectivity index (χ1n) is 5.85. The Morgan fingerprint density at radius 1 is 1.16 bits per heavy atom. The lowest BCUT2D eigenvalue weighted by molar-refractivity contribution is 0.0698. The van der Waals surface area contributed by atoms with Gasteiger partial charge in [-0.1, -0.05) is 33.6 Å². The van der Waals surface area contributed by atoms with Crippen LogP contribution >= 0.6 is 15.9 Å². The second kappa shape index (κ2) is 5.45. The Morgan fingerprint density at radius 2 is 1.89 bits per heavy atom. The number of hydrogen-bond donors (Lipinski definition) is 2. The Kier molecular flexibility index (Phi) is 3.90. The molecule has 2 rings (SSSR count). The quantitative estimate of drug-likeness (QED) is 0.875. The van der Waals surface area contributed by atoms with Crippen molar-refractivity contribution in [2.75, 3.05) is 5.32 Å². The van der Waals surface area contributed by atoms with E-state index in [0.717, 1.165) is 21.3 Å². The topological polar surface area (TPSA) is 49.3 Å². The van der Waals surface area contributed by atoms with Gasteiger partial charge in [-0.25, -0.2) is 4.79 Å². The Hall–Kier alpha value is -1.81. The Balaban J connectivity index is 2.44. The van der Waals surface area contributed by atoms with Crippen molar-refractivity contribution in [3.63, 3.8) is 0 Å². The fourth-order valence-corrected chi connectivity index (χ4v) is 2.20. The third-order valence-corrected chi connectivity index (χ3v) is 3.80. The molecule has 0 spiro atoms. The average molecular weight is 320 g/mol. The van der Waals surface area contributed by atoms with Gasteiger partial charge < -0.3 is 10.4 Å². The van der Waals surface area contributed by atoms with E-state index in [9.17, 15) is 9.90 Å². The number of carboxylic acids is 1. The van der Waals surface area contributed by atoms with Crippen molar-refractivity contribution in [3.05, 3.63) is 57.6 Å². The van der Waals surface area contributed by atoms with Crippen LogP contribution in [0.15, 0.2) is 40.9 Å². The van der Waals surface area contributed by atoms with Gasteiger partial charge in [-0.05, 0) is 43.7 Å². The summed E-state index contributed by atoms with van der Waals surface area (Å²) in [6, 6.07) is 11.1. The van der Waals surface area contributed by atoms with Crippen LogP contribution in [0.5, 0.6) is 0 Å². The van der Waals surface area contributed by atoms with Crippen LogP contribution in [-0.4, -0.2) is 11.1 Å². The van der Waals surface area contributed by atoms with Gasteiger partial charge in [-0.2, -0.15) is 0 Å². The third-order valence-electron chi connectivity index (χ3n) is 2.94. The molecule has 0 heterocycles. The Morgan fingerprint density at radius 3 is 2.58 bits per heavy atom. The van der Waals surface area contributed by atoms with Crippen molar-refractivity contribution in [1.82, 2.24) is 0 Å². The number of carbonyl (C=O) groups is 1. The molecule has 0 radical (unpaired) electrons. The summed E-state index contributed by atoms with van der Waals surface area (Å²) in [5.41, 5.74) is 3.73. The van der Waals surface area contributed by atoms with Gasteiger partial charge in [-0.3, -0.25) is 0 Å². The minimum absolute atomic E-state index is 0.277. The first-order valence-corrected chi connectivity index (χ1v) is 6.64. The SMILES string of the molecule is Cc1ccc(Nc2cccc(Br)c2C)c(C(=O)O)c1. The molecule has 0 unspecified atom stereocenters. The number of hydrogen-bond acceptors (Lipinski definition) is 2. The minimum atomic E-state index is -0.932. The van der Waals surface area contributed by atoms with E-state index >= 15 is 0 Å². The van der Waals surface area contributed by atoms with Crippen LogP contribution in [-0.2, 0) is 0 Å². The highest BCUT2D eigenvalue weighted by atomic mass is 79.9. The summed E-state index contributed by atoms with van der Waals surface area (Å²) in [6.45, 7) is 3.85. The second-order valence-corrected chi connectivity index (χ2v) is 5.25. The van der Waals surface area contributed by atoms with Crippen LogP contribution in [0, 0.1) is 13.8 Å². The van der Waals surface area contributed by atoms with Gasteiger partial charge >= 0.3 is 5.97 Å². The largest absolute Gasteiger partial charge is 0.478 e. The third kappa shape index (κ3) is 2.96. The lowest BCUT2D eigenvalue weighted by atomic mass is 10.1. The molecule has 98 valence electrons. The molecule has 2 aromatic rings. The molecule has 0 saturated carbocycles. The van der Waals surface area contributed by atoms with E-state index in [1.165, 1.54) is 0 Å². The molecule has 2 aromatic carbocycles. The number of nitrogens with one attached hydrogen (secondary N) is 1. The van der Waals surface area contributed by atoms with Gasteiger partial charge in [0.2, 0.25) is 0 Å².